The van der Waals surface area contributed by atoms with Gasteiger partial charge < -0.3 is 15.1 Å². The minimum absolute atomic E-state index is 0.666. The van der Waals surface area contributed by atoms with E-state index in [1.54, 1.807) is 6.20 Å². The van der Waals surface area contributed by atoms with E-state index >= 15 is 0 Å². The third-order valence-corrected chi connectivity index (χ3v) is 4.84. The molecular weight excluding hydrogens is 360 g/mol. The fraction of sp³-hybridized carbons (Fsp3) is 0.250. The molecular formula is C20H21ClN6. The van der Waals surface area contributed by atoms with Crippen molar-refractivity contribution in [1.29, 1.82) is 0 Å². The topological polar surface area (TPSA) is 57.2 Å². The molecule has 0 aliphatic carbocycles. The second-order valence-electron chi connectivity index (χ2n) is 6.43. The summed E-state index contributed by atoms with van der Waals surface area (Å²) in [5.41, 5.74) is 2.35. The van der Waals surface area contributed by atoms with Crippen LogP contribution in [-0.4, -0.2) is 41.4 Å². The SMILES string of the molecule is Clc1cccc(N2CCN(c3nncc(NCc4ccccc4)n3)CC2)c1. The molecule has 6 nitrogen and oxygen atoms in total. The fourth-order valence-corrected chi connectivity index (χ4v) is 3.32. The van der Waals surface area contributed by atoms with Crippen molar-refractivity contribution in [3.63, 3.8) is 0 Å². The van der Waals surface area contributed by atoms with E-state index in [9.17, 15) is 0 Å². The molecule has 0 atom stereocenters. The number of nitrogens with zero attached hydrogens (tertiary/aromatic N) is 5. The highest BCUT2D eigenvalue weighted by Crippen LogP contribution is 2.22. The zero-order valence-corrected chi connectivity index (χ0v) is 15.7. The summed E-state index contributed by atoms with van der Waals surface area (Å²) in [7, 11) is 0. The van der Waals surface area contributed by atoms with Gasteiger partial charge in [-0.1, -0.05) is 48.0 Å². The van der Waals surface area contributed by atoms with Gasteiger partial charge in [-0.2, -0.15) is 10.1 Å². The Bertz CT molecular complexity index is 880. The number of nitrogens with one attached hydrogen (secondary N) is 1. The van der Waals surface area contributed by atoms with Crippen molar-refractivity contribution in [2.24, 2.45) is 0 Å². The van der Waals surface area contributed by atoms with Gasteiger partial charge in [0.25, 0.3) is 0 Å². The normalized spacial score (nSPS) is 14.3. The molecule has 27 heavy (non-hydrogen) atoms. The van der Waals surface area contributed by atoms with Gasteiger partial charge in [-0.3, -0.25) is 0 Å². The molecule has 3 aromatic rings. The molecule has 138 valence electrons. The maximum atomic E-state index is 6.11. The van der Waals surface area contributed by atoms with Crippen LogP contribution in [-0.2, 0) is 6.54 Å². The van der Waals surface area contributed by atoms with Crippen LogP contribution in [0.1, 0.15) is 5.56 Å². The highest BCUT2D eigenvalue weighted by Gasteiger charge is 2.20. The zero-order chi connectivity index (χ0) is 18.5. The lowest BCUT2D eigenvalue weighted by Gasteiger charge is -2.36. The van der Waals surface area contributed by atoms with Crippen molar-refractivity contribution in [2.45, 2.75) is 6.54 Å². The molecule has 0 amide bonds. The van der Waals surface area contributed by atoms with Crippen LogP contribution in [0, 0.1) is 0 Å². The fourth-order valence-electron chi connectivity index (χ4n) is 3.14. The van der Waals surface area contributed by atoms with Crippen LogP contribution in [0.15, 0.2) is 60.8 Å². The average Bonchev–Trinajstić information content (AvgIpc) is 2.73. The minimum Gasteiger partial charge on any atom is -0.368 e. The second kappa shape index (κ2) is 8.22. The van der Waals surface area contributed by atoms with Gasteiger partial charge in [-0.25, -0.2) is 0 Å². The van der Waals surface area contributed by atoms with Crippen LogP contribution in [0.25, 0.3) is 0 Å². The number of hydrogen-bond acceptors (Lipinski definition) is 6. The Balaban J connectivity index is 1.37. The summed E-state index contributed by atoms with van der Waals surface area (Å²) >= 11 is 6.11. The van der Waals surface area contributed by atoms with E-state index in [2.05, 4.69) is 48.5 Å². The van der Waals surface area contributed by atoms with Gasteiger partial charge in [0.1, 0.15) is 0 Å². The first-order chi connectivity index (χ1) is 13.3. The van der Waals surface area contributed by atoms with E-state index in [4.69, 9.17) is 11.6 Å². The third-order valence-electron chi connectivity index (χ3n) is 4.60. The zero-order valence-electron chi connectivity index (χ0n) is 14.9. The molecule has 1 aliphatic heterocycles. The summed E-state index contributed by atoms with van der Waals surface area (Å²) in [5, 5.41) is 12.4. The van der Waals surface area contributed by atoms with Crippen molar-refractivity contribution in [2.75, 3.05) is 41.3 Å². The number of rotatable bonds is 5. The summed E-state index contributed by atoms with van der Waals surface area (Å²) in [4.78, 5) is 9.12. The first-order valence-corrected chi connectivity index (χ1v) is 9.39. The molecule has 0 spiro atoms. The smallest absolute Gasteiger partial charge is 0.247 e. The maximum Gasteiger partial charge on any atom is 0.247 e. The van der Waals surface area contributed by atoms with Crippen molar-refractivity contribution >= 4 is 29.1 Å². The lowest BCUT2D eigenvalue weighted by atomic mass is 10.2. The van der Waals surface area contributed by atoms with Crippen molar-refractivity contribution < 1.29 is 0 Å². The average molecular weight is 381 g/mol. The number of aromatic nitrogens is 3. The first kappa shape index (κ1) is 17.5. The Morgan fingerprint density at radius 2 is 1.70 bits per heavy atom. The van der Waals surface area contributed by atoms with Gasteiger partial charge in [-0.15, -0.1) is 5.10 Å². The Kier molecular flexibility index (Phi) is 5.34. The summed E-state index contributed by atoms with van der Waals surface area (Å²) in [5.74, 6) is 1.40. The van der Waals surface area contributed by atoms with Crippen LogP contribution in [0.3, 0.4) is 0 Å². The number of hydrogen-bond donors (Lipinski definition) is 1. The lowest BCUT2D eigenvalue weighted by molar-refractivity contribution is 0.635. The third kappa shape index (κ3) is 4.46. The molecule has 2 heterocycles. The maximum absolute atomic E-state index is 6.11. The lowest BCUT2D eigenvalue weighted by Crippen LogP contribution is -2.47. The Morgan fingerprint density at radius 3 is 2.48 bits per heavy atom. The Hall–Kier alpha value is -2.86. The van der Waals surface area contributed by atoms with Crippen LogP contribution in [0.2, 0.25) is 5.02 Å². The van der Waals surface area contributed by atoms with Crippen LogP contribution in [0.5, 0.6) is 0 Å². The largest absolute Gasteiger partial charge is 0.368 e. The van der Waals surface area contributed by atoms with E-state index in [1.165, 1.54) is 5.56 Å². The number of halogens is 1. The Labute approximate surface area is 163 Å². The summed E-state index contributed by atoms with van der Waals surface area (Å²) in [6.45, 7) is 4.19. The molecule has 2 aromatic carbocycles. The number of anilines is 3. The molecule has 1 saturated heterocycles. The molecule has 1 fully saturated rings. The van der Waals surface area contributed by atoms with Crippen LogP contribution >= 0.6 is 11.6 Å². The first-order valence-electron chi connectivity index (χ1n) is 9.01. The van der Waals surface area contributed by atoms with E-state index in [0.717, 1.165) is 42.7 Å². The summed E-state index contributed by atoms with van der Waals surface area (Å²) in [6.07, 6.45) is 1.66. The van der Waals surface area contributed by atoms with Gasteiger partial charge in [-0.05, 0) is 23.8 Å². The molecule has 4 rings (SSSR count). The van der Waals surface area contributed by atoms with Gasteiger partial charge in [0.15, 0.2) is 5.82 Å². The highest BCUT2D eigenvalue weighted by atomic mass is 35.5. The minimum atomic E-state index is 0.666. The van der Waals surface area contributed by atoms with Crippen molar-refractivity contribution in [3.05, 3.63) is 71.4 Å². The van der Waals surface area contributed by atoms with Gasteiger partial charge in [0, 0.05) is 43.4 Å². The standard InChI is InChI=1S/C20H21ClN6/c21-17-7-4-8-18(13-17)26-9-11-27(12-10-26)20-24-19(15-23-25-20)22-14-16-5-2-1-3-6-16/h1-8,13,15H,9-12,14H2,(H,22,24,25). The molecule has 1 aromatic heterocycles. The van der Waals surface area contributed by atoms with Crippen LogP contribution in [0.4, 0.5) is 17.5 Å². The van der Waals surface area contributed by atoms with Gasteiger partial charge >= 0.3 is 0 Å². The quantitative estimate of drug-likeness (QED) is 0.731. The molecule has 0 radical (unpaired) electrons. The Morgan fingerprint density at radius 1 is 0.926 bits per heavy atom. The number of benzene rings is 2. The van der Waals surface area contributed by atoms with Crippen LogP contribution < -0.4 is 15.1 Å². The predicted octanol–water partition coefficient (Wildman–Crippen LogP) is 3.46. The van der Waals surface area contributed by atoms with Crippen molar-refractivity contribution in [1.82, 2.24) is 15.2 Å². The number of piperazine rings is 1. The van der Waals surface area contributed by atoms with Gasteiger partial charge in [0.05, 0.1) is 6.20 Å². The van der Waals surface area contributed by atoms with E-state index < -0.39 is 0 Å². The van der Waals surface area contributed by atoms with E-state index in [1.807, 2.05) is 36.4 Å². The summed E-state index contributed by atoms with van der Waals surface area (Å²) in [6, 6.07) is 18.2. The molecule has 1 aliphatic rings. The molecule has 1 N–H and O–H groups in total. The predicted molar refractivity (Wildman–Crippen MR) is 109 cm³/mol. The molecule has 0 bridgehead atoms. The van der Waals surface area contributed by atoms with Gasteiger partial charge in [0.2, 0.25) is 5.95 Å². The van der Waals surface area contributed by atoms with Crippen molar-refractivity contribution in [3.8, 4) is 0 Å². The molecule has 0 unspecified atom stereocenters. The monoisotopic (exact) mass is 380 g/mol. The summed E-state index contributed by atoms with van der Waals surface area (Å²) < 4.78 is 0. The molecule has 0 saturated carbocycles. The molecule has 7 heteroatoms. The van der Waals surface area contributed by atoms with E-state index in [-0.39, 0.29) is 0 Å². The van der Waals surface area contributed by atoms with E-state index in [0.29, 0.717) is 12.5 Å². The highest BCUT2D eigenvalue weighted by molar-refractivity contribution is 6.30. The second-order valence-corrected chi connectivity index (χ2v) is 6.87.